The first kappa shape index (κ1) is 32.0. The summed E-state index contributed by atoms with van der Waals surface area (Å²) in [5.74, 6) is -1.14. The second-order valence-corrected chi connectivity index (χ2v) is 12.9. The van der Waals surface area contributed by atoms with Gasteiger partial charge in [-0.2, -0.15) is 0 Å². The number of benzene rings is 2. The number of likely N-dealkylation sites (tertiary alicyclic amines) is 1. The second-order valence-electron chi connectivity index (χ2n) is 11.0. The fourth-order valence-electron chi connectivity index (χ4n) is 4.92. The van der Waals surface area contributed by atoms with Crippen molar-refractivity contribution in [2.24, 2.45) is 0 Å². The molecular formula is C30H27Cl4N3O7. The molecule has 2 aromatic heterocycles. The molecule has 44 heavy (non-hydrogen) atoms. The van der Waals surface area contributed by atoms with Crippen molar-refractivity contribution < 1.29 is 27.7 Å². The molecule has 0 spiro atoms. The zero-order valence-electron chi connectivity index (χ0n) is 23.8. The van der Waals surface area contributed by atoms with Crippen LogP contribution in [0.5, 0.6) is 0 Å². The standard InChI is InChI=1S/C30H27Cl4N3O7/c1-30(2,3)43-28(39)36-12-6-11-21(36)25-23(41-29(40)42-25)15-37(27(38)26(33)34)17-8-4-7-16(13-17)22-14-20(35-44-22)24-18(31)9-5-10-19(24)32/h4-5,7-10,13-14,21,26H,6,11-12,15H2,1-3H3. The molecule has 10 nitrogen and oxygen atoms in total. The molecule has 0 N–H and O–H groups in total. The van der Waals surface area contributed by atoms with Crippen molar-refractivity contribution in [1.82, 2.24) is 10.1 Å². The highest BCUT2D eigenvalue weighted by Crippen LogP contribution is 2.38. The normalized spacial score (nSPS) is 15.2. The zero-order valence-corrected chi connectivity index (χ0v) is 26.8. The molecule has 0 radical (unpaired) electrons. The largest absolute Gasteiger partial charge is 0.519 e. The van der Waals surface area contributed by atoms with Gasteiger partial charge in [-0.25, -0.2) is 9.59 Å². The highest BCUT2D eigenvalue weighted by Gasteiger charge is 2.38. The molecule has 1 aliphatic heterocycles. The molecule has 1 unspecified atom stereocenters. The number of halogens is 4. The number of nitrogens with zero attached hydrogens (tertiary/aromatic N) is 3. The highest BCUT2D eigenvalue weighted by molar-refractivity contribution is 6.54. The maximum absolute atomic E-state index is 13.3. The first-order valence-electron chi connectivity index (χ1n) is 13.6. The van der Waals surface area contributed by atoms with Crippen LogP contribution in [0.4, 0.5) is 10.5 Å². The van der Waals surface area contributed by atoms with Crippen molar-refractivity contribution in [2.75, 3.05) is 11.4 Å². The lowest BCUT2D eigenvalue weighted by atomic mass is 10.1. The minimum atomic E-state index is -1.44. The summed E-state index contributed by atoms with van der Waals surface area (Å²) in [6.07, 6.45) is 0.587. The molecule has 14 heteroatoms. The molecule has 232 valence electrons. The van der Waals surface area contributed by atoms with Gasteiger partial charge >= 0.3 is 11.9 Å². The number of hydrogen-bond donors (Lipinski definition) is 0. The van der Waals surface area contributed by atoms with Gasteiger partial charge in [0.1, 0.15) is 11.3 Å². The first-order chi connectivity index (χ1) is 20.8. The van der Waals surface area contributed by atoms with Crippen LogP contribution < -0.4 is 10.7 Å². The van der Waals surface area contributed by atoms with Crippen molar-refractivity contribution >= 4 is 64.1 Å². The number of rotatable bonds is 7. The van der Waals surface area contributed by atoms with Crippen LogP contribution in [0.25, 0.3) is 22.6 Å². The van der Waals surface area contributed by atoms with Crippen LogP contribution in [0.2, 0.25) is 10.0 Å². The van der Waals surface area contributed by atoms with Gasteiger partial charge in [-0.15, -0.1) is 0 Å². The Morgan fingerprint density at radius 1 is 1.09 bits per heavy atom. The summed E-state index contributed by atoms with van der Waals surface area (Å²) in [5, 5.41) is 4.93. The Morgan fingerprint density at radius 3 is 2.48 bits per heavy atom. The van der Waals surface area contributed by atoms with Gasteiger partial charge in [0.2, 0.25) is 0 Å². The molecule has 2 aromatic carbocycles. The van der Waals surface area contributed by atoms with Crippen molar-refractivity contribution in [3.05, 3.63) is 80.7 Å². The van der Waals surface area contributed by atoms with E-state index < -0.39 is 34.3 Å². The van der Waals surface area contributed by atoms with Crippen LogP contribution in [-0.4, -0.2) is 39.0 Å². The molecule has 1 fully saturated rings. The van der Waals surface area contributed by atoms with Gasteiger partial charge in [-0.3, -0.25) is 9.69 Å². The topological polar surface area (TPSA) is 119 Å². The van der Waals surface area contributed by atoms with Gasteiger partial charge in [-0.05, 0) is 57.9 Å². The van der Waals surface area contributed by atoms with Crippen LogP contribution in [-0.2, 0) is 16.1 Å². The van der Waals surface area contributed by atoms with E-state index >= 15 is 0 Å². The number of carbonyl (C=O) groups is 2. The lowest BCUT2D eigenvalue weighted by Gasteiger charge is -2.28. The number of alkyl halides is 2. The number of carbonyl (C=O) groups excluding carboxylic acids is 2. The second kappa shape index (κ2) is 12.9. The van der Waals surface area contributed by atoms with E-state index in [-0.39, 0.29) is 18.1 Å². The van der Waals surface area contributed by atoms with Crippen molar-refractivity contribution in [2.45, 2.75) is 56.6 Å². The average molecular weight is 683 g/mol. The number of aromatic nitrogens is 1. The van der Waals surface area contributed by atoms with Crippen LogP contribution in [0, 0.1) is 0 Å². The lowest BCUT2D eigenvalue weighted by molar-refractivity contribution is -0.117. The number of ether oxygens (including phenoxy) is 1. The Balaban J connectivity index is 1.47. The predicted molar refractivity (Wildman–Crippen MR) is 166 cm³/mol. The van der Waals surface area contributed by atoms with Crippen molar-refractivity contribution in [1.29, 1.82) is 0 Å². The fraction of sp³-hybridized carbons (Fsp3) is 0.333. The van der Waals surface area contributed by atoms with E-state index in [2.05, 4.69) is 5.16 Å². The van der Waals surface area contributed by atoms with Gasteiger partial charge in [-0.1, -0.05) is 69.8 Å². The zero-order chi connectivity index (χ0) is 31.8. The summed E-state index contributed by atoms with van der Waals surface area (Å²) in [6, 6.07) is 12.9. The molecule has 1 saturated heterocycles. The number of amides is 2. The molecule has 0 saturated carbocycles. The third kappa shape index (κ3) is 6.94. The molecule has 3 heterocycles. The van der Waals surface area contributed by atoms with Gasteiger partial charge in [0.15, 0.2) is 22.1 Å². The van der Waals surface area contributed by atoms with E-state index in [9.17, 15) is 14.4 Å². The minimum Gasteiger partial charge on any atom is -0.444 e. The predicted octanol–water partition coefficient (Wildman–Crippen LogP) is 8.27. The molecule has 1 atom stereocenters. The summed E-state index contributed by atoms with van der Waals surface area (Å²) in [7, 11) is 0. The van der Waals surface area contributed by atoms with Crippen molar-refractivity contribution in [3.8, 4) is 22.6 Å². The average Bonchev–Trinajstić information content (AvgIpc) is 3.70. The summed E-state index contributed by atoms with van der Waals surface area (Å²) in [4.78, 5) is 39.9. The Morgan fingerprint density at radius 2 is 1.80 bits per heavy atom. The molecule has 4 aromatic rings. The smallest absolute Gasteiger partial charge is 0.444 e. The Labute approximate surface area is 272 Å². The number of hydrogen-bond acceptors (Lipinski definition) is 8. The fourth-order valence-corrected chi connectivity index (χ4v) is 5.74. The van der Waals surface area contributed by atoms with Crippen LogP contribution >= 0.6 is 46.4 Å². The Bertz CT molecular complexity index is 1720. The van der Waals surface area contributed by atoms with Crippen molar-refractivity contribution in [3.63, 3.8) is 0 Å². The van der Waals surface area contributed by atoms with E-state index in [1.807, 2.05) is 0 Å². The molecule has 1 aliphatic rings. The van der Waals surface area contributed by atoms with E-state index in [0.29, 0.717) is 57.7 Å². The Hall–Kier alpha value is -3.44. The van der Waals surface area contributed by atoms with Gasteiger partial charge in [0.25, 0.3) is 5.91 Å². The van der Waals surface area contributed by atoms with Gasteiger partial charge in [0.05, 0.1) is 22.6 Å². The van der Waals surface area contributed by atoms with Crippen LogP contribution in [0.3, 0.4) is 0 Å². The molecule has 2 amide bonds. The van der Waals surface area contributed by atoms with E-state index in [1.165, 1.54) is 9.80 Å². The summed E-state index contributed by atoms with van der Waals surface area (Å²) < 4.78 is 22.0. The monoisotopic (exact) mass is 681 g/mol. The Kier molecular flexibility index (Phi) is 9.36. The maximum Gasteiger partial charge on any atom is 0.519 e. The summed E-state index contributed by atoms with van der Waals surface area (Å²) in [5.41, 5.74) is 1.13. The third-order valence-corrected chi connectivity index (χ3v) is 7.79. The van der Waals surface area contributed by atoms with Crippen LogP contribution in [0.1, 0.15) is 51.2 Å². The quantitative estimate of drug-likeness (QED) is 0.179. The van der Waals surface area contributed by atoms with Gasteiger partial charge in [0, 0.05) is 29.4 Å². The molecule has 0 bridgehead atoms. The minimum absolute atomic E-state index is 0.0403. The maximum atomic E-state index is 13.3. The van der Waals surface area contributed by atoms with E-state index in [1.54, 1.807) is 69.3 Å². The van der Waals surface area contributed by atoms with E-state index in [4.69, 9.17) is 64.5 Å². The molecule has 0 aliphatic carbocycles. The number of anilines is 1. The summed E-state index contributed by atoms with van der Waals surface area (Å²) in [6.45, 7) is 5.41. The van der Waals surface area contributed by atoms with Gasteiger partial charge < -0.3 is 23.0 Å². The molecular weight excluding hydrogens is 656 g/mol. The first-order valence-corrected chi connectivity index (χ1v) is 15.2. The third-order valence-electron chi connectivity index (χ3n) is 6.78. The lowest BCUT2D eigenvalue weighted by Crippen LogP contribution is -2.37. The summed E-state index contributed by atoms with van der Waals surface area (Å²) >= 11 is 24.7. The van der Waals surface area contributed by atoms with E-state index in [0.717, 1.165) is 0 Å². The highest BCUT2D eigenvalue weighted by atomic mass is 35.5. The molecule has 5 rings (SSSR count). The SMILES string of the molecule is CC(C)(C)OC(=O)N1CCCC1c1oc(=O)oc1CN(C(=O)C(Cl)Cl)c1cccc(-c2cc(-c3c(Cl)cccc3Cl)no2)c1. The van der Waals surface area contributed by atoms with Crippen LogP contribution in [0.15, 0.2) is 66.7 Å².